The van der Waals surface area contributed by atoms with Gasteiger partial charge in [0.15, 0.2) is 0 Å². The number of aromatic amines is 1. The van der Waals surface area contributed by atoms with Gasteiger partial charge in [-0.15, -0.1) is 0 Å². The van der Waals surface area contributed by atoms with Gasteiger partial charge in [0.2, 0.25) is 5.91 Å². The number of carbonyl (C=O) groups is 2. The first-order valence-corrected chi connectivity index (χ1v) is 10.2. The minimum absolute atomic E-state index is 0.00246. The van der Waals surface area contributed by atoms with E-state index >= 15 is 0 Å². The molecule has 2 aliphatic rings. The van der Waals surface area contributed by atoms with E-state index in [4.69, 9.17) is 0 Å². The van der Waals surface area contributed by atoms with Gasteiger partial charge in [-0.2, -0.15) is 0 Å². The highest BCUT2D eigenvalue weighted by atomic mass is 16.2. The smallest absolute Gasteiger partial charge is 0.317 e. The van der Waals surface area contributed by atoms with Crippen molar-refractivity contribution in [2.45, 2.75) is 39.0 Å². The number of H-pyrrole nitrogens is 1. The molecule has 0 saturated heterocycles. The molecule has 0 bridgehead atoms. The van der Waals surface area contributed by atoms with Crippen LogP contribution in [0.5, 0.6) is 0 Å². The summed E-state index contributed by atoms with van der Waals surface area (Å²) >= 11 is 0. The number of pyridine rings is 1. The van der Waals surface area contributed by atoms with Crippen LogP contribution < -0.4 is 10.6 Å². The van der Waals surface area contributed by atoms with Crippen molar-refractivity contribution in [3.05, 3.63) is 30.0 Å². The van der Waals surface area contributed by atoms with Crippen molar-refractivity contribution in [3.63, 3.8) is 0 Å². The van der Waals surface area contributed by atoms with E-state index in [2.05, 4.69) is 33.6 Å². The Labute approximate surface area is 164 Å². The molecule has 1 fully saturated rings. The average molecular weight is 381 g/mol. The number of aromatic nitrogens is 2. The predicted octanol–water partition coefficient (Wildman–Crippen LogP) is 3.51. The van der Waals surface area contributed by atoms with Gasteiger partial charge in [0, 0.05) is 37.1 Å². The Balaban J connectivity index is 1.51. The summed E-state index contributed by atoms with van der Waals surface area (Å²) in [6.07, 6.45) is 8.75. The van der Waals surface area contributed by atoms with Crippen LogP contribution in [0.15, 0.2) is 24.4 Å². The second-order valence-electron chi connectivity index (χ2n) is 7.57. The molecular formula is C21H27N5O2. The van der Waals surface area contributed by atoms with Crippen LogP contribution in [-0.2, 0) is 4.79 Å². The van der Waals surface area contributed by atoms with Crippen molar-refractivity contribution < 1.29 is 9.59 Å². The number of nitrogens with zero attached hydrogens (tertiary/aromatic N) is 2. The zero-order chi connectivity index (χ0) is 19.5. The topological polar surface area (TPSA) is 90.1 Å². The lowest BCUT2D eigenvalue weighted by molar-refractivity contribution is -0.117. The van der Waals surface area contributed by atoms with Gasteiger partial charge in [-0.05, 0) is 49.0 Å². The Morgan fingerprint density at radius 1 is 1.36 bits per heavy atom. The maximum Gasteiger partial charge on any atom is 0.317 e. The summed E-state index contributed by atoms with van der Waals surface area (Å²) in [6.45, 7) is 4.10. The van der Waals surface area contributed by atoms with Crippen LogP contribution in [0.2, 0.25) is 0 Å². The quantitative estimate of drug-likeness (QED) is 0.669. The van der Waals surface area contributed by atoms with Crippen LogP contribution in [0, 0.1) is 5.92 Å². The lowest BCUT2D eigenvalue weighted by Gasteiger charge is -2.27. The third-order valence-corrected chi connectivity index (χ3v) is 5.38. The summed E-state index contributed by atoms with van der Waals surface area (Å²) < 4.78 is 0. The largest absolute Gasteiger partial charge is 0.346 e. The molecule has 0 radical (unpaired) electrons. The fourth-order valence-electron chi connectivity index (χ4n) is 3.52. The molecule has 3 N–H and O–H groups in total. The second kappa shape index (κ2) is 8.04. The number of anilines is 1. The fourth-order valence-corrected chi connectivity index (χ4v) is 3.52. The van der Waals surface area contributed by atoms with Crippen LogP contribution in [0.3, 0.4) is 0 Å². The maximum atomic E-state index is 12.3. The van der Waals surface area contributed by atoms with Gasteiger partial charge in [-0.25, -0.2) is 9.78 Å². The van der Waals surface area contributed by atoms with E-state index in [1.807, 2.05) is 23.2 Å². The molecule has 28 heavy (non-hydrogen) atoms. The number of amides is 3. The minimum atomic E-state index is 0.00246. The van der Waals surface area contributed by atoms with E-state index in [0.29, 0.717) is 18.9 Å². The molecule has 1 aliphatic carbocycles. The van der Waals surface area contributed by atoms with E-state index in [1.165, 1.54) is 5.57 Å². The number of urea groups is 1. The minimum Gasteiger partial charge on any atom is -0.346 e. The van der Waals surface area contributed by atoms with Crippen LogP contribution >= 0.6 is 0 Å². The highest BCUT2D eigenvalue weighted by Crippen LogP contribution is 2.33. The Bertz CT molecular complexity index is 913. The SMILES string of the molecule is CCCCNC(=O)N1CC=C(c2cc(NC(=O)C3CC3)nc3[nH]ccc23)CC1. The standard InChI is InChI=1S/C21H27N5O2/c1-2-3-9-23-21(28)26-11-7-14(8-12-26)17-13-18(25-20(27)15-4-5-15)24-19-16(17)6-10-22-19/h6-7,10,13,15H,2-5,8-9,11-12H2,1H3,(H,23,28)(H2,22,24,25,27). The summed E-state index contributed by atoms with van der Waals surface area (Å²) in [5.41, 5.74) is 3.03. The Hall–Kier alpha value is -2.83. The molecule has 0 spiro atoms. The molecule has 7 heteroatoms. The van der Waals surface area contributed by atoms with Crippen molar-refractivity contribution in [3.8, 4) is 0 Å². The average Bonchev–Trinajstić information content (AvgIpc) is 3.46. The molecule has 7 nitrogen and oxygen atoms in total. The number of hydrogen-bond donors (Lipinski definition) is 3. The Morgan fingerprint density at radius 3 is 2.93 bits per heavy atom. The van der Waals surface area contributed by atoms with Gasteiger partial charge in [0.25, 0.3) is 0 Å². The number of hydrogen-bond acceptors (Lipinski definition) is 3. The number of rotatable bonds is 6. The van der Waals surface area contributed by atoms with Gasteiger partial charge in [-0.3, -0.25) is 4.79 Å². The number of nitrogens with one attached hydrogen (secondary N) is 3. The van der Waals surface area contributed by atoms with E-state index in [1.54, 1.807) is 0 Å². The molecule has 0 atom stereocenters. The lowest BCUT2D eigenvalue weighted by Crippen LogP contribution is -2.42. The summed E-state index contributed by atoms with van der Waals surface area (Å²) in [4.78, 5) is 33.9. The highest BCUT2D eigenvalue weighted by Gasteiger charge is 2.30. The molecule has 148 valence electrons. The molecule has 0 unspecified atom stereocenters. The fraction of sp³-hybridized carbons (Fsp3) is 0.476. The number of fused-ring (bicyclic) bond motifs is 1. The van der Waals surface area contributed by atoms with Crippen molar-refractivity contribution in [1.29, 1.82) is 0 Å². The van der Waals surface area contributed by atoms with E-state index in [-0.39, 0.29) is 17.9 Å². The van der Waals surface area contributed by atoms with Crippen LogP contribution in [0.4, 0.5) is 10.6 Å². The van der Waals surface area contributed by atoms with Crippen molar-refractivity contribution in [1.82, 2.24) is 20.2 Å². The summed E-state index contributed by atoms with van der Waals surface area (Å²) in [5, 5.41) is 6.96. The van der Waals surface area contributed by atoms with Gasteiger partial charge < -0.3 is 20.5 Å². The Kier molecular flexibility index (Phi) is 5.32. The monoisotopic (exact) mass is 381 g/mol. The first kappa shape index (κ1) is 18.5. The molecular weight excluding hydrogens is 354 g/mol. The molecule has 3 heterocycles. The van der Waals surface area contributed by atoms with Crippen LogP contribution in [-0.4, -0.2) is 46.4 Å². The predicted molar refractivity (Wildman–Crippen MR) is 110 cm³/mol. The zero-order valence-electron chi connectivity index (χ0n) is 16.3. The van der Waals surface area contributed by atoms with Crippen LogP contribution in [0.1, 0.15) is 44.6 Å². The van der Waals surface area contributed by atoms with Crippen molar-refractivity contribution in [2.24, 2.45) is 5.92 Å². The molecule has 1 saturated carbocycles. The first-order valence-electron chi connectivity index (χ1n) is 10.2. The molecule has 4 rings (SSSR count). The van der Waals surface area contributed by atoms with Crippen LogP contribution in [0.25, 0.3) is 16.6 Å². The maximum absolute atomic E-state index is 12.3. The third kappa shape index (κ3) is 4.03. The molecule has 2 aromatic heterocycles. The van der Waals surface area contributed by atoms with E-state index in [9.17, 15) is 9.59 Å². The molecule has 0 aromatic carbocycles. The zero-order valence-corrected chi connectivity index (χ0v) is 16.3. The Morgan fingerprint density at radius 2 is 2.21 bits per heavy atom. The van der Waals surface area contributed by atoms with Crippen molar-refractivity contribution in [2.75, 3.05) is 25.0 Å². The number of unbranched alkanes of at least 4 members (excludes halogenated alkanes) is 1. The van der Waals surface area contributed by atoms with Gasteiger partial charge in [-0.1, -0.05) is 19.4 Å². The highest BCUT2D eigenvalue weighted by molar-refractivity contribution is 5.97. The van der Waals surface area contributed by atoms with Gasteiger partial charge >= 0.3 is 6.03 Å². The first-order chi connectivity index (χ1) is 13.7. The van der Waals surface area contributed by atoms with Gasteiger partial charge in [0.1, 0.15) is 11.5 Å². The third-order valence-electron chi connectivity index (χ3n) is 5.38. The van der Waals surface area contributed by atoms with Gasteiger partial charge in [0.05, 0.1) is 0 Å². The van der Waals surface area contributed by atoms with E-state index < -0.39 is 0 Å². The summed E-state index contributed by atoms with van der Waals surface area (Å²) in [5.74, 6) is 0.776. The molecule has 1 aliphatic heterocycles. The summed E-state index contributed by atoms with van der Waals surface area (Å²) in [6, 6.07) is 3.97. The van der Waals surface area contributed by atoms with E-state index in [0.717, 1.165) is 55.2 Å². The second-order valence-corrected chi connectivity index (χ2v) is 7.57. The lowest BCUT2D eigenvalue weighted by atomic mass is 9.97. The van der Waals surface area contributed by atoms with Crippen molar-refractivity contribution >= 4 is 34.4 Å². The molecule has 3 amide bonds. The molecule has 2 aromatic rings. The summed E-state index contributed by atoms with van der Waals surface area (Å²) in [7, 11) is 0. The number of carbonyl (C=O) groups excluding carboxylic acids is 2. The normalized spacial score (nSPS) is 16.8.